The number of carbonyl (C=O) groups is 1. The molecule has 2 fully saturated rings. The van der Waals surface area contributed by atoms with Crippen molar-refractivity contribution in [2.24, 2.45) is 5.92 Å². The van der Waals surface area contributed by atoms with Gasteiger partial charge in [-0.25, -0.2) is 0 Å². The number of benzene rings is 2. The highest BCUT2D eigenvalue weighted by atomic mass is 19.4. The van der Waals surface area contributed by atoms with Crippen LogP contribution in [0.4, 0.5) is 26.3 Å². The lowest BCUT2D eigenvalue weighted by atomic mass is 9.74. The van der Waals surface area contributed by atoms with Gasteiger partial charge >= 0.3 is 12.4 Å². The van der Waals surface area contributed by atoms with Gasteiger partial charge in [-0.15, -0.1) is 0 Å². The van der Waals surface area contributed by atoms with E-state index in [9.17, 15) is 31.1 Å². The van der Waals surface area contributed by atoms with Gasteiger partial charge < -0.3 is 15.4 Å². The van der Waals surface area contributed by atoms with Crippen LogP contribution in [-0.4, -0.2) is 34.4 Å². The molecule has 6 nitrogen and oxygen atoms in total. The third-order valence-corrected chi connectivity index (χ3v) is 7.41. The van der Waals surface area contributed by atoms with Crippen LogP contribution < -0.4 is 10.6 Å². The van der Waals surface area contributed by atoms with Crippen LogP contribution in [0.25, 0.3) is 0 Å². The van der Waals surface area contributed by atoms with E-state index in [4.69, 9.17) is 4.74 Å². The largest absolute Gasteiger partial charge is 0.416 e. The normalized spacial score (nSPS) is 24.7. The van der Waals surface area contributed by atoms with Crippen molar-refractivity contribution in [3.63, 3.8) is 0 Å². The second kappa shape index (κ2) is 10.3. The minimum atomic E-state index is -4.94. The first kappa shape index (κ1) is 27.2. The standard InChI is InChI=1S/C27H26F6N4O2/c28-26(29,30)19-11-17(12-20(13-19)27(31,32)33)16-39-23-14-22-21(24(38)34-8-10-37-9-4-7-35-37)15-25(23,36-22)18-5-2-1-3-6-18/h1-7,9,11-13,21-23,36H,8,10,14-16H2,(H,34,38). The Morgan fingerprint density at radius 1 is 1.05 bits per heavy atom. The molecule has 2 bridgehead atoms. The lowest BCUT2D eigenvalue weighted by molar-refractivity contribution is -0.143. The van der Waals surface area contributed by atoms with Gasteiger partial charge in [0.2, 0.25) is 5.91 Å². The molecule has 12 heteroatoms. The van der Waals surface area contributed by atoms with Crippen LogP contribution in [0.1, 0.15) is 35.1 Å². The first-order chi connectivity index (χ1) is 18.5. The second-order valence-corrected chi connectivity index (χ2v) is 9.91. The Kier molecular flexibility index (Phi) is 7.19. The topological polar surface area (TPSA) is 68.2 Å². The Labute approximate surface area is 220 Å². The maximum atomic E-state index is 13.3. The quantitative estimate of drug-likeness (QED) is 0.391. The Morgan fingerprint density at radius 3 is 2.36 bits per heavy atom. The molecule has 39 heavy (non-hydrogen) atoms. The predicted octanol–water partition coefficient (Wildman–Crippen LogP) is 4.90. The number of halogens is 6. The zero-order chi connectivity index (χ0) is 27.8. The molecule has 3 heterocycles. The summed E-state index contributed by atoms with van der Waals surface area (Å²) in [5.41, 5.74) is -2.97. The molecule has 5 rings (SSSR count). The summed E-state index contributed by atoms with van der Waals surface area (Å²) in [5, 5.41) is 10.5. The number of nitrogens with zero attached hydrogens (tertiary/aromatic N) is 2. The van der Waals surface area contributed by atoms with Crippen molar-refractivity contribution in [3.05, 3.63) is 89.2 Å². The van der Waals surface area contributed by atoms with E-state index in [2.05, 4.69) is 15.7 Å². The number of carbonyl (C=O) groups excluding carboxylic acids is 1. The van der Waals surface area contributed by atoms with Gasteiger partial charge in [0, 0.05) is 25.0 Å². The van der Waals surface area contributed by atoms with Crippen LogP contribution in [0.3, 0.4) is 0 Å². The van der Waals surface area contributed by atoms with E-state index in [1.807, 2.05) is 30.3 Å². The molecule has 0 saturated carbocycles. The summed E-state index contributed by atoms with van der Waals surface area (Å²) in [6.07, 6.45) is -6.26. The van der Waals surface area contributed by atoms with E-state index < -0.39 is 41.7 Å². The van der Waals surface area contributed by atoms with Crippen LogP contribution in [0.5, 0.6) is 0 Å². The van der Waals surface area contributed by atoms with E-state index in [0.29, 0.717) is 38.1 Å². The number of hydrogen-bond acceptors (Lipinski definition) is 4. The first-order valence-electron chi connectivity index (χ1n) is 12.4. The fourth-order valence-electron chi connectivity index (χ4n) is 5.62. The maximum Gasteiger partial charge on any atom is 0.416 e. The summed E-state index contributed by atoms with van der Waals surface area (Å²) in [6.45, 7) is 0.455. The molecule has 2 aromatic carbocycles. The van der Waals surface area contributed by atoms with Gasteiger partial charge in [-0.05, 0) is 48.2 Å². The molecular formula is C27H26F6N4O2. The molecule has 2 N–H and O–H groups in total. The number of rotatable bonds is 8. The highest BCUT2D eigenvalue weighted by molar-refractivity contribution is 5.80. The summed E-state index contributed by atoms with van der Waals surface area (Å²) >= 11 is 0. The van der Waals surface area contributed by atoms with Crippen LogP contribution in [0.2, 0.25) is 0 Å². The number of ether oxygens (including phenoxy) is 1. The van der Waals surface area contributed by atoms with Crippen molar-refractivity contribution in [1.29, 1.82) is 0 Å². The van der Waals surface area contributed by atoms with Crippen LogP contribution in [0, 0.1) is 5.92 Å². The van der Waals surface area contributed by atoms with Crippen LogP contribution in [0.15, 0.2) is 67.0 Å². The molecule has 1 amide bonds. The van der Waals surface area contributed by atoms with Crippen molar-refractivity contribution in [2.45, 2.75) is 56.0 Å². The summed E-state index contributed by atoms with van der Waals surface area (Å²) in [4.78, 5) is 13.1. The van der Waals surface area contributed by atoms with Crippen molar-refractivity contribution < 1.29 is 35.9 Å². The summed E-state index contributed by atoms with van der Waals surface area (Å²) in [7, 11) is 0. The molecule has 2 aliphatic rings. The zero-order valence-corrected chi connectivity index (χ0v) is 20.6. The molecule has 3 aromatic rings. The Hall–Kier alpha value is -3.38. The molecule has 0 spiro atoms. The van der Waals surface area contributed by atoms with Crippen molar-refractivity contribution in [2.75, 3.05) is 6.54 Å². The first-order valence-corrected chi connectivity index (χ1v) is 12.4. The number of alkyl halides is 6. The Morgan fingerprint density at radius 2 is 1.74 bits per heavy atom. The summed E-state index contributed by atoms with van der Waals surface area (Å²) in [5.74, 6) is -0.517. The lowest BCUT2D eigenvalue weighted by Crippen LogP contribution is -2.45. The molecule has 1 aromatic heterocycles. The lowest BCUT2D eigenvalue weighted by Gasteiger charge is -2.36. The van der Waals surface area contributed by atoms with E-state index in [1.54, 1.807) is 23.1 Å². The van der Waals surface area contributed by atoms with Crippen molar-refractivity contribution in [1.82, 2.24) is 20.4 Å². The van der Waals surface area contributed by atoms with Gasteiger partial charge in [-0.2, -0.15) is 31.4 Å². The Balaban J connectivity index is 1.33. The third kappa shape index (κ3) is 5.67. The van der Waals surface area contributed by atoms with E-state index in [1.165, 1.54) is 0 Å². The number of aromatic nitrogens is 2. The van der Waals surface area contributed by atoms with Gasteiger partial charge in [-0.3, -0.25) is 9.48 Å². The highest BCUT2D eigenvalue weighted by Crippen LogP contribution is 2.50. The SMILES string of the molecule is O=C(NCCn1cccn1)C1CC2(c3ccccc3)NC1CC2OCc1cc(C(F)(F)F)cc(C(F)(F)F)c1. The average Bonchev–Trinajstić information content (AvgIpc) is 3.63. The third-order valence-electron chi connectivity index (χ3n) is 7.41. The minimum absolute atomic E-state index is 0.101. The van der Waals surface area contributed by atoms with Crippen LogP contribution in [-0.2, 0) is 40.6 Å². The number of fused-ring (bicyclic) bond motifs is 2. The molecule has 2 aliphatic heterocycles. The van der Waals surface area contributed by atoms with Gasteiger partial charge in [0.05, 0.1) is 41.8 Å². The molecular weight excluding hydrogens is 526 g/mol. The predicted molar refractivity (Wildman–Crippen MR) is 128 cm³/mol. The monoisotopic (exact) mass is 552 g/mol. The van der Waals surface area contributed by atoms with Crippen molar-refractivity contribution in [3.8, 4) is 0 Å². The molecule has 0 aliphatic carbocycles. The van der Waals surface area contributed by atoms with Crippen LogP contribution >= 0.6 is 0 Å². The van der Waals surface area contributed by atoms with Gasteiger partial charge in [-0.1, -0.05) is 30.3 Å². The van der Waals surface area contributed by atoms with E-state index in [0.717, 1.165) is 5.56 Å². The second-order valence-electron chi connectivity index (χ2n) is 9.91. The van der Waals surface area contributed by atoms with E-state index >= 15 is 0 Å². The summed E-state index contributed by atoms with van der Waals surface area (Å²) in [6, 6.07) is 12.2. The van der Waals surface area contributed by atoms with E-state index in [-0.39, 0.29) is 29.5 Å². The molecule has 0 radical (unpaired) electrons. The van der Waals surface area contributed by atoms with Crippen molar-refractivity contribution >= 4 is 5.91 Å². The minimum Gasteiger partial charge on any atom is -0.371 e. The van der Waals surface area contributed by atoms with Gasteiger partial charge in [0.25, 0.3) is 0 Å². The smallest absolute Gasteiger partial charge is 0.371 e. The molecule has 2 saturated heterocycles. The Bertz CT molecular complexity index is 1260. The summed E-state index contributed by atoms with van der Waals surface area (Å²) < 4.78 is 87.6. The fourth-order valence-corrected chi connectivity index (χ4v) is 5.62. The average molecular weight is 553 g/mol. The van der Waals surface area contributed by atoms with Gasteiger partial charge in [0.1, 0.15) is 0 Å². The number of nitrogens with one attached hydrogen (secondary N) is 2. The molecule has 208 valence electrons. The number of hydrogen-bond donors (Lipinski definition) is 2. The highest BCUT2D eigenvalue weighted by Gasteiger charge is 2.59. The maximum absolute atomic E-state index is 13.3. The number of amides is 1. The molecule has 4 atom stereocenters. The fraction of sp³-hybridized carbons (Fsp3) is 0.407. The van der Waals surface area contributed by atoms with Gasteiger partial charge in [0.15, 0.2) is 0 Å². The molecule has 4 unspecified atom stereocenters. The zero-order valence-electron chi connectivity index (χ0n) is 20.6.